The van der Waals surface area contributed by atoms with Crippen LogP contribution in [0.15, 0.2) is 59.3 Å². The molecule has 0 aliphatic carbocycles. The third-order valence-corrected chi connectivity index (χ3v) is 6.48. The molecule has 2 N–H and O–H groups in total. The van der Waals surface area contributed by atoms with E-state index in [1.165, 1.54) is 23.5 Å². The normalized spacial score (nSPS) is 11.3. The molecule has 0 fully saturated rings. The van der Waals surface area contributed by atoms with Crippen LogP contribution >= 0.6 is 11.3 Å². The molecule has 0 atom stereocenters. The van der Waals surface area contributed by atoms with E-state index in [0.29, 0.717) is 5.13 Å². The summed E-state index contributed by atoms with van der Waals surface area (Å²) in [5.41, 5.74) is 3.89. The fraction of sp³-hybridized carbons (Fsp3) is 0.143. The number of hydrogen-bond donors (Lipinski definition) is 2. The van der Waals surface area contributed by atoms with Crippen molar-refractivity contribution in [1.29, 1.82) is 0 Å². The number of carbonyl (C=O) groups is 1. The Bertz CT molecular complexity index is 1220. The molecule has 0 saturated heterocycles. The van der Waals surface area contributed by atoms with Gasteiger partial charge in [0.25, 0.3) is 5.91 Å². The molecule has 0 spiro atoms. The lowest BCUT2D eigenvalue weighted by molar-refractivity contribution is 0.102. The highest BCUT2D eigenvalue weighted by atomic mass is 32.2. The maximum absolute atomic E-state index is 14.1. The molecule has 2 aromatic carbocycles. The van der Waals surface area contributed by atoms with Crippen molar-refractivity contribution in [2.45, 2.75) is 18.7 Å². The topological polar surface area (TPSA) is 88.2 Å². The molecule has 0 unspecified atom stereocenters. The molecule has 0 aliphatic heterocycles. The molecule has 1 aromatic heterocycles. The number of benzene rings is 2. The number of rotatable bonds is 7. The zero-order valence-electron chi connectivity index (χ0n) is 16.4. The van der Waals surface area contributed by atoms with E-state index in [-0.39, 0.29) is 12.1 Å². The number of nitrogens with one attached hydrogen (secondary N) is 2. The SMILES string of the molecule is C=CCNS(=O)(=O)c1cc(C(=O)Nc2nc(-c3ccc(C)cc3C)cs2)ccc1F. The Morgan fingerprint density at radius 1 is 1.23 bits per heavy atom. The summed E-state index contributed by atoms with van der Waals surface area (Å²) in [6.07, 6.45) is 1.34. The molecular formula is C21H20FN3O3S2. The van der Waals surface area contributed by atoms with Crippen molar-refractivity contribution in [3.63, 3.8) is 0 Å². The van der Waals surface area contributed by atoms with Gasteiger partial charge < -0.3 is 0 Å². The highest BCUT2D eigenvalue weighted by Crippen LogP contribution is 2.28. The molecule has 0 bridgehead atoms. The molecule has 156 valence electrons. The van der Waals surface area contributed by atoms with Crippen LogP contribution in [0.2, 0.25) is 0 Å². The van der Waals surface area contributed by atoms with Gasteiger partial charge in [-0.25, -0.2) is 22.5 Å². The number of halogens is 1. The lowest BCUT2D eigenvalue weighted by Gasteiger charge is -2.08. The van der Waals surface area contributed by atoms with Crippen LogP contribution in [0.1, 0.15) is 21.5 Å². The first-order chi connectivity index (χ1) is 14.2. The van der Waals surface area contributed by atoms with Gasteiger partial charge in [0, 0.05) is 23.1 Å². The number of amides is 1. The number of thiazole rings is 1. The minimum atomic E-state index is -4.11. The van der Waals surface area contributed by atoms with E-state index >= 15 is 0 Å². The summed E-state index contributed by atoms with van der Waals surface area (Å²) < 4.78 is 40.7. The molecule has 9 heteroatoms. The average Bonchev–Trinajstić information content (AvgIpc) is 3.14. The molecule has 6 nitrogen and oxygen atoms in total. The Morgan fingerprint density at radius 3 is 2.70 bits per heavy atom. The molecule has 0 aliphatic rings. The van der Waals surface area contributed by atoms with E-state index in [1.54, 1.807) is 0 Å². The number of nitrogens with zero attached hydrogens (tertiary/aromatic N) is 1. The van der Waals surface area contributed by atoms with Crippen LogP contribution < -0.4 is 10.0 Å². The van der Waals surface area contributed by atoms with Crippen molar-refractivity contribution < 1.29 is 17.6 Å². The Morgan fingerprint density at radius 2 is 2.00 bits per heavy atom. The van der Waals surface area contributed by atoms with Crippen LogP contribution in [0.4, 0.5) is 9.52 Å². The zero-order chi connectivity index (χ0) is 21.9. The van der Waals surface area contributed by atoms with Crippen molar-refractivity contribution in [3.05, 3.63) is 76.9 Å². The number of aromatic nitrogens is 1. The van der Waals surface area contributed by atoms with E-state index in [0.717, 1.165) is 34.5 Å². The van der Waals surface area contributed by atoms with Crippen LogP contribution in [0.25, 0.3) is 11.3 Å². The first-order valence-corrected chi connectivity index (χ1v) is 11.3. The number of carbonyl (C=O) groups excluding carboxylic acids is 1. The molecule has 0 radical (unpaired) electrons. The van der Waals surface area contributed by atoms with Crippen LogP contribution in [0.5, 0.6) is 0 Å². The van der Waals surface area contributed by atoms with Crippen molar-refractivity contribution in [1.82, 2.24) is 9.71 Å². The molecule has 30 heavy (non-hydrogen) atoms. The highest BCUT2D eigenvalue weighted by Gasteiger charge is 2.21. The van der Waals surface area contributed by atoms with Gasteiger partial charge in [-0.2, -0.15) is 0 Å². The second kappa shape index (κ2) is 8.86. The maximum Gasteiger partial charge on any atom is 0.257 e. The van der Waals surface area contributed by atoms with Crippen LogP contribution in [-0.4, -0.2) is 25.9 Å². The van der Waals surface area contributed by atoms with Crippen LogP contribution in [0.3, 0.4) is 0 Å². The van der Waals surface area contributed by atoms with Crippen molar-refractivity contribution in [2.75, 3.05) is 11.9 Å². The fourth-order valence-corrected chi connectivity index (χ4v) is 4.63. The summed E-state index contributed by atoms with van der Waals surface area (Å²) in [5, 5.41) is 4.82. The summed E-state index contributed by atoms with van der Waals surface area (Å²) in [4.78, 5) is 16.4. The molecule has 1 heterocycles. The van der Waals surface area contributed by atoms with E-state index in [9.17, 15) is 17.6 Å². The average molecular weight is 446 g/mol. The largest absolute Gasteiger partial charge is 0.298 e. The number of sulfonamides is 1. The first kappa shape index (κ1) is 21.8. The van der Waals surface area contributed by atoms with E-state index in [1.807, 2.05) is 37.4 Å². The van der Waals surface area contributed by atoms with E-state index < -0.39 is 26.6 Å². The Balaban J connectivity index is 1.82. The molecule has 0 saturated carbocycles. The van der Waals surface area contributed by atoms with Gasteiger partial charge >= 0.3 is 0 Å². The Kier molecular flexibility index (Phi) is 6.45. The van der Waals surface area contributed by atoms with Crippen molar-refractivity contribution in [3.8, 4) is 11.3 Å². The first-order valence-electron chi connectivity index (χ1n) is 8.96. The van der Waals surface area contributed by atoms with Gasteiger partial charge in [-0.15, -0.1) is 17.9 Å². The lowest BCUT2D eigenvalue weighted by atomic mass is 10.0. The van der Waals surface area contributed by atoms with Crippen molar-refractivity contribution in [2.24, 2.45) is 0 Å². The monoisotopic (exact) mass is 445 g/mol. The van der Waals surface area contributed by atoms with Crippen LogP contribution in [0, 0.1) is 19.7 Å². The number of aryl methyl sites for hydroxylation is 2. The quantitative estimate of drug-likeness (QED) is 0.531. The predicted octanol–water partition coefficient (Wildman–Crippen LogP) is 4.28. The van der Waals surface area contributed by atoms with Gasteiger partial charge in [-0.1, -0.05) is 29.8 Å². The smallest absolute Gasteiger partial charge is 0.257 e. The predicted molar refractivity (Wildman–Crippen MR) is 117 cm³/mol. The van der Waals surface area contributed by atoms with E-state index in [2.05, 4.69) is 21.6 Å². The van der Waals surface area contributed by atoms with Gasteiger partial charge in [-0.05, 0) is 37.6 Å². The van der Waals surface area contributed by atoms with Gasteiger partial charge in [-0.3, -0.25) is 10.1 Å². The number of anilines is 1. The highest BCUT2D eigenvalue weighted by molar-refractivity contribution is 7.89. The van der Waals surface area contributed by atoms with Crippen LogP contribution in [-0.2, 0) is 10.0 Å². The van der Waals surface area contributed by atoms with Gasteiger partial charge in [0.15, 0.2) is 5.13 Å². The third-order valence-electron chi connectivity index (χ3n) is 4.28. The summed E-state index contributed by atoms with van der Waals surface area (Å²) in [7, 11) is -4.11. The summed E-state index contributed by atoms with van der Waals surface area (Å²) >= 11 is 1.25. The van der Waals surface area contributed by atoms with Crippen molar-refractivity contribution >= 4 is 32.4 Å². The Hall–Kier alpha value is -2.88. The second-order valence-corrected chi connectivity index (χ2v) is 9.19. The second-order valence-electron chi connectivity index (χ2n) is 6.60. The molecular weight excluding hydrogens is 425 g/mol. The summed E-state index contributed by atoms with van der Waals surface area (Å²) in [6, 6.07) is 9.16. The zero-order valence-corrected chi connectivity index (χ0v) is 18.0. The van der Waals surface area contributed by atoms with Gasteiger partial charge in [0.05, 0.1) is 5.69 Å². The minimum absolute atomic E-state index is 0.00126. The summed E-state index contributed by atoms with van der Waals surface area (Å²) in [5.74, 6) is -1.54. The minimum Gasteiger partial charge on any atom is -0.298 e. The molecule has 3 rings (SSSR count). The van der Waals surface area contributed by atoms with Gasteiger partial charge in [0.1, 0.15) is 10.7 Å². The third kappa shape index (κ3) is 4.81. The number of hydrogen-bond acceptors (Lipinski definition) is 5. The fourth-order valence-electron chi connectivity index (χ4n) is 2.82. The van der Waals surface area contributed by atoms with E-state index in [4.69, 9.17) is 0 Å². The standard InChI is InChI=1S/C21H20FN3O3S2/c1-4-9-23-30(27,28)19-11-15(6-8-17(19)22)20(26)25-21-24-18(12-29-21)16-7-5-13(2)10-14(16)3/h4-8,10-12,23H,1,9H2,2-3H3,(H,24,25,26). The lowest BCUT2D eigenvalue weighted by Crippen LogP contribution is -2.25. The van der Waals surface area contributed by atoms with Gasteiger partial charge in [0.2, 0.25) is 10.0 Å². The maximum atomic E-state index is 14.1. The molecule has 1 amide bonds. The molecule has 3 aromatic rings. The summed E-state index contributed by atoms with van der Waals surface area (Å²) in [6.45, 7) is 7.35. The Labute approximate surface area is 178 Å².